The van der Waals surface area contributed by atoms with Crippen LogP contribution >= 0.6 is 0 Å². The highest BCUT2D eigenvalue weighted by Crippen LogP contribution is 2.37. The summed E-state index contributed by atoms with van der Waals surface area (Å²) < 4.78 is 0. The predicted octanol–water partition coefficient (Wildman–Crippen LogP) is 4.97. The van der Waals surface area contributed by atoms with E-state index in [1.807, 2.05) is 6.92 Å². The Morgan fingerprint density at radius 2 is 2.07 bits per heavy atom. The van der Waals surface area contributed by atoms with Gasteiger partial charge in [0.1, 0.15) is 0 Å². The van der Waals surface area contributed by atoms with E-state index in [1.165, 1.54) is 25.7 Å². The summed E-state index contributed by atoms with van der Waals surface area (Å²) in [6.45, 7) is 12.1. The van der Waals surface area contributed by atoms with Gasteiger partial charge in [-0.25, -0.2) is 0 Å². The van der Waals surface area contributed by atoms with Crippen molar-refractivity contribution < 1.29 is 0 Å². The van der Waals surface area contributed by atoms with Gasteiger partial charge >= 0.3 is 0 Å². The van der Waals surface area contributed by atoms with E-state index in [1.54, 1.807) is 11.6 Å². The van der Waals surface area contributed by atoms with Gasteiger partial charge in [0.15, 0.2) is 0 Å². The summed E-state index contributed by atoms with van der Waals surface area (Å²) >= 11 is 0. The largest absolute Gasteiger partial charge is 0.103 e. The van der Waals surface area contributed by atoms with E-state index >= 15 is 0 Å². The van der Waals surface area contributed by atoms with Gasteiger partial charge in [0.2, 0.25) is 0 Å². The molecule has 1 rings (SSSR count). The highest BCUT2D eigenvalue weighted by molar-refractivity contribution is 5.11. The lowest BCUT2D eigenvalue weighted by Gasteiger charge is -2.18. The average molecular weight is 194 g/mol. The minimum absolute atomic E-state index is 0.906. The van der Waals surface area contributed by atoms with Crippen LogP contribution in [0.1, 0.15) is 53.4 Å². The van der Waals surface area contributed by atoms with Crippen LogP contribution in [-0.4, -0.2) is 0 Å². The Hall–Kier alpha value is -0.520. The van der Waals surface area contributed by atoms with Gasteiger partial charge in [-0.05, 0) is 44.9 Å². The molecule has 0 N–H and O–H groups in total. The molecule has 2 atom stereocenters. The molecule has 14 heavy (non-hydrogen) atoms. The molecule has 0 radical (unpaired) electrons. The average Bonchev–Trinajstić information content (AvgIpc) is 2.65. The number of hydrogen-bond donors (Lipinski definition) is 0. The molecule has 0 heterocycles. The molecule has 1 aliphatic carbocycles. The van der Waals surface area contributed by atoms with Crippen molar-refractivity contribution >= 4 is 0 Å². The smallest absolute Gasteiger partial charge is 0.0178 e. The lowest BCUT2D eigenvalue weighted by atomic mass is 9.87. The Labute approximate surface area is 90.1 Å². The maximum atomic E-state index is 3.36. The Bertz CT molecular complexity index is 176. The van der Waals surface area contributed by atoms with E-state index in [0.717, 1.165) is 11.8 Å². The molecular weight excluding hydrogens is 168 g/mol. The molecule has 0 saturated heterocycles. The van der Waals surface area contributed by atoms with Gasteiger partial charge in [-0.3, -0.25) is 0 Å². The first kappa shape index (κ1) is 13.5. The number of hydrogen-bond acceptors (Lipinski definition) is 0. The molecule has 0 bridgehead atoms. The molecule has 0 aliphatic heterocycles. The lowest BCUT2D eigenvalue weighted by molar-refractivity contribution is 0.405. The maximum Gasteiger partial charge on any atom is -0.0178 e. The maximum absolute atomic E-state index is 3.36. The van der Waals surface area contributed by atoms with Gasteiger partial charge in [0, 0.05) is 0 Å². The fourth-order valence-electron chi connectivity index (χ4n) is 2.19. The zero-order valence-electron chi connectivity index (χ0n) is 10.3. The molecule has 2 unspecified atom stereocenters. The van der Waals surface area contributed by atoms with Crippen LogP contribution in [-0.2, 0) is 0 Å². The van der Waals surface area contributed by atoms with E-state index in [-0.39, 0.29) is 0 Å². The quantitative estimate of drug-likeness (QED) is 0.544. The van der Waals surface area contributed by atoms with E-state index in [4.69, 9.17) is 0 Å². The SMILES string of the molecule is C/C=C1/CCCC1C(C)CC.C=CC. The van der Waals surface area contributed by atoms with E-state index in [9.17, 15) is 0 Å². The minimum atomic E-state index is 0.906. The summed E-state index contributed by atoms with van der Waals surface area (Å²) in [7, 11) is 0. The molecule has 0 nitrogen and oxygen atoms in total. The van der Waals surface area contributed by atoms with E-state index in [2.05, 4.69) is 33.4 Å². The third-order valence-electron chi connectivity index (χ3n) is 3.16. The van der Waals surface area contributed by atoms with Crippen LogP contribution in [0.3, 0.4) is 0 Å². The number of allylic oxidation sites excluding steroid dienone is 3. The van der Waals surface area contributed by atoms with Crippen LogP contribution in [0, 0.1) is 11.8 Å². The molecule has 0 aromatic rings. The van der Waals surface area contributed by atoms with Crippen LogP contribution in [0.4, 0.5) is 0 Å². The zero-order chi connectivity index (χ0) is 11.0. The van der Waals surface area contributed by atoms with Gasteiger partial charge < -0.3 is 0 Å². The summed E-state index contributed by atoms with van der Waals surface area (Å²) in [5.41, 5.74) is 1.72. The topological polar surface area (TPSA) is 0 Å². The van der Waals surface area contributed by atoms with Crippen molar-refractivity contribution in [1.29, 1.82) is 0 Å². The summed E-state index contributed by atoms with van der Waals surface area (Å²) in [4.78, 5) is 0. The highest BCUT2D eigenvalue weighted by atomic mass is 14.3. The van der Waals surface area contributed by atoms with Gasteiger partial charge in [-0.2, -0.15) is 0 Å². The second-order valence-corrected chi connectivity index (χ2v) is 4.16. The Morgan fingerprint density at radius 3 is 2.50 bits per heavy atom. The summed E-state index contributed by atoms with van der Waals surface area (Å²) in [6.07, 6.45) is 9.65. The second-order valence-electron chi connectivity index (χ2n) is 4.16. The van der Waals surface area contributed by atoms with E-state index in [0.29, 0.717) is 0 Å². The van der Waals surface area contributed by atoms with Crippen molar-refractivity contribution in [1.82, 2.24) is 0 Å². The van der Waals surface area contributed by atoms with Gasteiger partial charge in [0.25, 0.3) is 0 Å². The fraction of sp³-hybridized carbons (Fsp3) is 0.714. The van der Waals surface area contributed by atoms with Crippen molar-refractivity contribution in [3.63, 3.8) is 0 Å². The first-order valence-electron chi connectivity index (χ1n) is 5.93. The highest BCUT2D eigenvalue weighted by Gasteiger charge is 2.23. The first-order chi connectivity index (χ1) is 6.71. The number of rotatable bonds is 2. The third kappa shape index (κ3) is 4.13. The van der Waals surface area contributed by atoms with Gasteiger partial charge in [-0.15, -0.1) is 6.58 Å². The van der Waals surface area contributed by atoms with Crippen LogP contribution in [0.15, 0.2) is 24.3 Å². The van der Waals surface area contributed by atoms with Crippen molar-refractivity contribution in [2.45, 2.75) is 53.4 Å². The molecule has 0 aromatic heterocycles. The monoisotopic (exact) mass is 194 g/mol. The zero-order valence-corrected chi connectivity index (χ0v) is 10.3. The van der Waals surface area contributed by atoms with Crippen molar-refractivity contribution in [3.8, 4) is 0 Å². The molecule has 1 saturated carbocycles. The molecule has 1 fully saturated rings. The summed E-state index contributed by atoms with van der Waals surface area (Å²) in [5, 5.41) is 0. The molecular formula is C14H26. The third-order valence-corrected chi connectivity index (χ3v) is 3.16. The van der Waals surface area contributed by atoms with Crippen LogP contribution < -0.4 is 0 Å². The molecule has 0 aromatic carbocycles. The molecule has 0 spiro atoms. The summed E-state index contributed by atoms with van der Waals surface area (Å²) in [6, 6.07) is 0. The Morgan fingerprint density at radius 1 is 1.50 bits per heavy atom. The van der Waals surface area contributed by atoms with E-state index < -0.39 is 0 Å². The van der Waals surface area contributed by atoms with Crippen molar-refractivity contribution in [2.24, 2.45) is 11.8 Å². The molecule has 82 valence electrons. The normalized spacial score (nSPS) is 25.4. The first-order valence-corrected chi connectivity index (χ1v) is 5.93. The van der Waals surface area contributed by atoms with Crippen molar-refractivity contribution in [2.75, 3.05) is 0 Å². The van der Waals surface area contributed by atoms with Crippen molar-refractivity contribution in [3.05, 3.63) is 24.3 Å². The summed E-state index contributed by atoms with van der Waals surface area (Å²) in [5.74, 6) is 1.83. The van der Waals surface area contributed by atoms with Crippen LogP contribution in [0.25, 0.3) is 0 Å². The molecule has 0 heteroatoms. The molecule has 1 aliphatic rings. The van der Waals surface area contributed by atoms with Crippen LogP contribution in [0.5, 0.6) is 0 Å². The predicted molar refractivity (Wildman–Crippen MR) is 66.4 cm³/mol. The van der Waals surface area contributed by atoms with Gasteiger partial charge in [0.05, 0.1) is 0 Å². The molecule has 0 amide bonds. The Balaban J connectivity index is 0.000000500. The second kappa shape index (κ2) is 7.84. The minimum Gasteiger partial charge on any atom is -0.103 e. The fourth-order valence-corrected chi connectivity index (χ4v) is 2.19. The Kier molecular flexibility index (Phi) is 7.55. The standard InChI is InChI=1S/C11H20.C3H6/c1-4-9(3)11-8-6-7-10(11)5-2;1-3-2/h5,9,11H,4,6-8H2,1-3H3;3H,1H2,2H3/b10-5-;. The van der Waals surface area contributed by atoms with Crippen LogP contribution in [0.2, 0.25) is 0 Å². The lowest BCUT2D eigenvalue weighted by Crippen LogP contribution is -2.08. The van der Waals surface area contributed by atoms with Gasteiger partial charge in [-0.1, -0.05) is 38.0 Å².